The van der Waals surface area contributed by atoms with Gasteiger partial charge in [0.05, 0.1) is 0 Å². The predicted molar refractivity (Wildman–Crippen MR) is 52.7 cm³/mol. The molecule has 0 aliphatic carbocycles. The smallest absolute Gasteiger partial charge is 0.460 e. The van der Waals surface area contributed by atoms with Crippen LogP contribution in [-0.4, -0.2) is 29.1 Å². The van der Waals surface area contributed by atoms with Gasteiger partial charge in [-0.1, -0.05) is 0 Å². The summed E-state index contributed by atoms with van der Waals surface area (Å²) in [5.74, 6) is -47.7. The van der Waals surface area contributed by atoms with Crippen molar-refractivity contribution in [2.24, 2.45) is 0 Å². The highest BCUT2D eigenvalue weighted by atomic mass is 19.4. The maximum atomic E-state index is 13.6. The molecule has 0 aliphatic heterocycles. The standard InChI is InChI=1S/C11HF15O/c12-2-1(6(27)5(15)4(14)3(2)13)7(16,17)8(18,19)9(20,21)10(22,23)11(24,25)26/h27H. The first-order valence-electron chi connectivity index (χ1n) is 5.81. The molecule has 0 bridgehead atoms. The van der Waals surface area contributed by atoms with Crippen molar-refractivity contribution >= 4 is 0 Å². The number of alkyl halides is 11. The van der Waals surface area contributed by atoms with Crippen molar-refractivity contribution in [2.45, 2.75) is 29.9 Å². The van der Waals surface area contributed by atoms with Crippen molar-refractivity contribution in [3.63, 3.8) is 0 Å². The van der Waals surface area contributed by atoms with Gasteiger partial charge in [0, 0.05) is 0 Å². The van der Waals surface area contributed by atoms with Crippen LogP contribution in [-0.2, 0) is 5.92 Å². The van der Waals surface area contributed by atoms with Crippen LogP contribution in [0.15, 0.2) is 0 Å². The number of aromatic hydroxyl groups is 1. The largest absolute Gasteiger partial charge is 0.504 e. The van der Waals surface area contributed by atoms with E-state index in [-0.39, 0.29) is 0 Å². The average Bonchev–Trinajstić information content (AvgIpc) is 2.49. The van der Waals surface area contributed by atoms with Crippen LogP contribution in [0.3, 0.4) is 0 Å². The van der Waals surface area contributed by atoms with Crippen molar-refractivity contribution in [3.8, 4) is 5.75 Å². The fourth-order valence-corrected chi connectivity index (χ4v) is 1.64. The third kappa shape index (κ3) is 2.83. The summed E-state index contributed by atoms with van der Waals surface area (Å²) in [6.45, 7) is 0. The molecule has 0 spiro atoms. The van der Waals surface area contributed by atoms with Gasteiger partial charge in [-0.15, -0.1) is 0 Å². The molecule has 0 fully saturated rings. The minimum Gasteiger partial charge on any atom is -0.504 e. The van der Waals surface area contributed by atoms with Gasteiger partial charge >= 0.3 is 29.9 Å². The number of rotatable bonds is 4. The molecule has 27 heavy (non-hydrogen) atoms. The molecule has 1 rings (SSSR count). The number of phenols is 1. The first kappa shape index (κ1) is 23.0. The second-order valence-corrected chi connectivity index (χ2v) is 4.77. The van der Waals surface area contributed by atoms with E-state index in [0.717, 1.165) is 0 Å². The van der Waals surface area contributed by atoms with Crippen LogP contribution in [0.2, 0.25) is 0 Å². The third-order valence-corrected chi connectivity index (χ3v) is 3.10. The fourth-order valence-electron chi connectivity index (χ4n) is 1.64. The van der Waals surface area contributed by atoms with Gasteiger partial charge in [-0.3, -0.25) is 0 Å². The second-order valence-electron chi connectivity index (χ2n) is 4.77. The Hall–Kier alpha value is -2.03. The topological polar surface area (TPSA) is 20.2 Å². The van der Waals surface area contributed by atoms with Gasteiger partial charge in [-0.05, 0) is 0 Å². The Morgan fingerprint density at radius 1 is 0.481 bits per heavy atom. The van der Waals surface area contributed by atoms with Crippen LogP contribution < -0.4 is 0 Å². The monoisotopic (exact) mass is 434 g/mol. The predicted octanol–water partition coefficient (Wildman–Crippen LogP) is 5.51. The number of halogens is 15. The molecule has 16 heteroatoms. The van der Waals surface area contributed by atoms with E-state index in [4.69, 9.17) is 5.11 Å². The molecule has 0 atom stereocenters. The van der Waals surface area contributed by atoms with E-state index >= 15 is 0 Å². The van der Waals surface area contributed by atoms with Crippen molar-refractivity contribution in [1.29, 1.82) is 0 Å². The highest BCUT2D eigenvalue weighted by Gasteiger charge is 2.87. The molecule has 0 heterocycles. The van der Waals surface area contributed by atoms with Crippen LogP contribution >= 0.6 is 0 Å². The van der Waals surface area contributed by atoms with Crippen LogP contribution in [0.4, 0.5) is 65.9 Å². The highest BCUT2D eigenvalue weighted by Crippen LogP contribution is 2.61. The molecule has 1 N–H and O–H groups in total. The van der Waals surface area contributed by atoms with Gasteiger partial charge in [0.2, 0.25) is 11.6 Å². The summed E-state index contributed by atoms with van der Waals surface area (Å²) in [4.78, 5) is 0. The molecule has 0 amide bonds. The zero-order valence-electron chi connectivity index (χ0n) is 11.6. The SMILES string of the molecule is Oc1c(F)c(F)c(F)c(F)c1C(F)(F)C(F)(F)C(F)(F)C(F)(F)C(F)(F)F. The normalized spacial score (nSPS) is 14.6. The van der Waals surface area contributed by atoms with Gasteiger partial charge in [-0.25, -0.2) is 13.2 Å². The van der Waals surface area contributed by atoms with E-state index in [1.54, 1.807) is 0 Å². The lowest BCUT2D eigenvalue weighted by molar-refractivity contribution is -0.425. The molecule has 0 radical (unpaired) electrons. The summed E-state index contributed by atoms with van der Waals surface area (Å²) in [6.07, 6.45) is -7.53. The molecule has 1 aromatic rings. The molecular formula is C11HF15O. The van der Waals surface area contributed by atoms with Crippen LogP contribution in [0, 0.1) is 23.3 Å². The van der Waals surface area contributed by atoms with Gasteiger partial charge in [0.15, 0.2) is 17.4 Å². The summed E-state index contributed by atoms with van der Waals surface area (Å²) < 4.78 is 193. The molecular weight excluding hydrogens is 433 g/mol. The zero-order valence-corrected chi connectivity index (χ0v) is 11.6. The molecule has 156 valence electrons. The second kappa shape index (κ2) is 5.98. The first-order chi connectivity index (χ1) is 11.7. The van der Waals surface area contributed by atoms with E-state index in [1.807, 2.05) is 0 Å². The number of hydrogen-bond donors (Lipinski definition) is 1. The summed E-state index contributed by atoms with van der Waals surface area (Å²) in [5, 5.41) is 8.72. The van der Waals surface area contributed by atoms with Crippen LogP contribution in [0.25, 0.3) is 0 Å². The molecule has 0 saturated carbocycles. The Labute approximate surface area is 137 Å². The Bertz CT molecular complexity index is 718. The number of phenolic OH excluding ortho intramolecular Hbond substituents is 1. The Balaban J connectivity index is 3.84. The van der Waals surface area contributed by atoms with Crippen molar-refractivity contribution in [2.75, 3.05) is 0 Å². The number of benzene rings is 1. The van der Waals surface area contributed by atoms with Gasteiger partial charge in [0.25, 0.3) is 0 Å². The maximum Gasteiger partial charge on any atom is 0.460 e. The van der Waals surface area contributed by atoms with Crippen molar-refractivity contribution in [1.82, 2.24) is 0 Å². The minimum absolute atomic E-state index is 3.10. The molecule has 0 aromatic heterocycles. The fraction of sp³-hybridized carbons (Fsp3) is 0.455. The first-order valence-corrected chi connectivity index (χ1v) is 5.81. The lowest BCUT2D eigenvalue weighted by Crippen LogP contribution is -2.65. The summed E-state index contributed by atoms with van der Waals surface area (Å²) in [7, 11) is 0. The Morgan fingerprint density at radius 2 is 0.852 bits per heavy atom. The molecule has 1 aromatic carbocycles. The van der Waals surface area contributed by atoms with E-state index in [0.29, 0.717) is 0 Å². The van der Waals surface area contributed by atoms with Crippen LogP contribution in [0.1, 0.15) is 5.56 Å². The van der Waals surface area contributed by atoms with E-state index in [1.165, 1.54) is 0 Å². The summed E-state index contributed by atoms with van der Waals surface area (Å²) >= 11 is 0. The van der Waals surface area contributed by atoms with E-state index < -0.39 is 64.4 Å². The maximum absolute atomic E-state index is 13.6. The lowest BCUT2D eigenvalue weighted by atomic mass is 9.92. The average molecular weight is 434 g/mol. The van der Waals surface area contributed by atoms with Gasteiger partial charge in [0.1, 0.15) is 5.56 Å². The quantitative estimate of drug-likeness (QED) is 0.377. The van der Waals surface area contributed by atoms with Crippen LogP contribution in [0.5, 0.6) is 5.75 Å². The molecule has 0 saturated heterocycles. The minimum atomic E-state index is -8.03. The summed E-state index contributed by atoms with van der Waals surface area (Å²) in [6, 6.07) is 0. The van der Waals surface area contributed by atoms with Crippen molar-refractivity contribution in [3.05, 3.63) is 28.8 Å². The lowest BCUT2D eigenvalue weighted by Gasteiger charge is -2.37. The van der Waals surface area contributed by atoms with E-state index in [2.05, 4.69) is 0 Å². The third-order valence-electron chi connectivity index (χ3n) is 3.10. The molecule has 1 nitrogen and oxygen atoms in total. The summed E-state index contributed by atoms with van der Waals surface area (Å²) in [5.41, 5.74) is -3.80. The molecule has 0 aliphatic rings. The Kier molecular flexibility index (Phi) is 5.10. The highest BCUT2D eigenvalue weighted by molar-refractivity contribution is 5.41. The van der Waals surface area contributed by atoms with Gasteiger partial charge in [-0.2, -0.15) is 52.7 Å². The van der Waals surface area contributed by atoms with Gasteiger partial charge < -0.3 is 5.11 Å². The zero-order chi connectivity index (χ0) is 22.0. The number of hydrogen-bond acceptors (Lipinski definition) is 1. The van der Waals surface area contributed by atoms with Crippen molar-refractivity contribution < 1.29 is 71.0 Å². The van der Waals surface area contributed by atoms with E-state index in [9.17, 15) is 65.9 Å². The Morgan fingerprint density at radius 3 is 1.22 bits per heavy atom. The molecule has 0 unspecified atom stereocenters.